The smallest absolute Gasteiger partial charge is 0.136 e. The highest BCUT2D eigenvalue weighted by Crippen LogP contribution is 2.44. The molecule has 276 valence electrons. The zero-order valence-corrected chi connectivity index (χ0v) is 32.1. The van der Waals surface area contributed by atoms with E-state index in [0.717, 1.165) is 61.4 Å². The van der Waals surface area contributed by atoms with Crippen LogP contribution in [0.3, 0.4) is 0 Å². The lowest BCUT2D eigenvalue weighted by Gasteiger charge is -2.28. The second-order valence-corrected chi connectivity index (χ2v) is 15.3. The van der Waals surface area contributed by atoms with Crippen LogP contribution in [0.5, 0.6) is 0 Å². The number of aromatic nitrogens is 1. The van der Waals surface area contributed by atoms with Crippen LogP contribution in [0.4, 0.5) is 17.1 Å². The van der Waals surface area contributed by atoms with Crippen LogP contribution >= 0.6 is 0 Å². The van der Waals surface area contributed by atoms with Gasteiger partial charge >= 0.3 is 0 Å². The van der Waals surface area contributed by atoms with Gasteiger partial charge in [0.15, 0.2) is 0 Å². The van der Waals surface area contributed by atoms with Gasteiger partial charge in [0, 0.05) is 44.0 Å². The minimum absolute atomic E-state index is 0.883. The van der Waals surface area contributed by atoms with E-state index in [1.165, 1.54) is 48.9 Å². The minimum Gasteiger partial charge on any atom is -0.456 e. The molecule has 0 fully saturated rings. The lowest BCUT2D eigenvalue weighted by molar-refractivity contribution is 0.669. The van der Waals surface area contributed by atoms with Crippen LogP contribution in [0.1, 0.15) is 0 Å². The summed E-state index contributed by atoms with van der Waals surface area (Å²) >= 11 is 0. The molecule has 0 unspecified atom stereocenters. The first-order valence-electron chi connectivity index (χ1n) is 20.2. The first-order valence-corrected chi connectivity index (χ1v) is 20.2. The van der Waals surface area contributed by atoms with Gasteiger partial charge in [-0.15, -0.1) is 0 Å². The van der Waals surface area contributed by atoms with E-state index in [4.69, 9.17) is 4.42 Å². The van der Waals surface area contributed by atoms with E-state index in [1.54, 1.807) is 0 Å². The van der Waals surface area contributed by atoms with Crippen LogP contribution in [0.25, 0.3) is 93.2 Å². The molecule has 0 aliphatic heterocycles. The number of furan rings is 1. The predicted octanol–water partition coefficient (Wildman–Crippen LogP) is 15.8. The number of nitrogens with zero attached hydrogens (tertiary/aromatic N) is 2. The molecule has 0 aliphatic carbocycles. The fourth-order valence-electron chi connectivity index (χ4n) is 9.25. The molecule has 0 amide bonds. The summed E-state index contributed by atoms with van der Waals surface area (Å²) in [6.45, 7) is 0. The molecule has 3 nitrogen and oxygen atoms in total. The second kappa shape index (κ2) is 13.4. The van der Waals surface area contributed by atoms with Crippen molar-refractivity contribution < 1.29 is 4.42 Å². The molecule has 0 spiro atoms. The third kappa shape index (κ3) is 5.36. The Morgan fingerprint density at radius 3 is 1.69 bits per heavy atom. The van der Waals surface area contributed by atoms with Crippen LogP contribution in [0.2, 0.25) is 0 Å². The Morgan fingerprint density at radius 2 is 0.898 bits per heavy atom. The van der Waals surface area contributed by atoms with E-state index in [2.05, 4.69) is 216 Å². The van der Waals surface area contributed by atoms with E-state index in [-0.39, 0.29) is 0 Å². The summed E-state index contributed by atoms with van der Waals surface area (Å²) in [6.07, 6.45) is 0. The molecule has 12 rings (SSSR count). The summed E-state index contributed by atoms with van der Waals surface area (Å²) < 4.78 is 8.81. The van der Waals surface area contributed by atoms with Crippen molar-refractivity contribution in [3.63, 3.8) is 0 Å². The first kappa shape index (κ1) is 33.3. The number of hydrogen-bond donors (Lipinski definition) is 0. The van der Waals surface area contributed by atoms with Gasteiger partial charge in [-0.25, -0.2) is 0 Å². The molecule has 2 heterocycles. The summed E-state index contributed by atoms with van der Waals surface area (Å²) in [6, 6.07) is 78.8. The van der Waals surface area contributed by atoms with Gasteiger partial charge in [0.25, 0.3) is 0 Å². The quantitative estimate of drug-likeness (QED) is 0.158. The van der Waals surface area contributed by atoms with Crippen molar-refractivity contribution in [2.75, 3.05) is 4.90 Å². The van der Waals surface area contributed by atoms with Crippen molar-refractivity contribution in [3.05, 3.63) is 218 Å². The van der Waals surface area contributed by atoms with Crippen molar-refractivity contribution in [2.24, 2.45) is 0 Å². The van der Waals surface area contributed by atoms with E-state index >= 15 is 0 Å². The van der Waals surface area contributed by atoms with Gasteiger partial charge in [0.1, 0.15) is 11.2 Å². The maximum atomic E-state index is 6.40. The van der Waals surface area contributed by atoms with Crippen molar-refractivity contribution >= 4 is 82.4 Å². The number of benzene rings is 10. The van der Waals surface area contributed by atoms with E-state index in [9.17, 15) is 0 Å². The minimum atomic E-state index is 0.883. The van der Waals surface area contributed by atoms with Gasteiger partial charge in [-0.2, -0.15) is 0 Å². The first-order chi connectivity index (χ1) is 29.3. The highest BCUT2D eigenvalue weighted by atomic mass is 16.3. The van der Waals surface area contributed by atoms with Crippen LogP contribution in [0, 0.1) is 0 Å². The lowest BCUT2D eigenvalue weighted by Crippen LogP contribution is -2.11. The lowest BCUT2D eigenvalue weighted by atomic mass is 9.98. The number of fused-ring (bicyclic) bond motifs is 9. The van der Waals surface area contributed by atoms with Crippen LogP contribution in [-0.4, -0.2) is 4.57 Å². The molecule has 2 aromatic heterocycles. The average molecular weight is 753 g/mol. The Balaban J connectivity index is 1.04. The molecule has 59 heavy (non-hydrogen) atoms. The molecule has 12 aromatic rings. The standard InChI is InChI=1S/C56H36N2O/c1-2-14-43-37(13-1)25-26-39-29-33-42(36-50(39)43)57(51-20-8-4-16-45(51)40-30-34-49-48-19-7-12-24-55(48)59-56(49)35-40)41-31-27-38(28-32-41)44-15-3-9-21-52(44)58-53-22-10-5-17-46(53)47-18-6-11-23-54(47)58/h1-36H. The SMILES string of the molecule is c1ccc(N(c2ccc(-c3ccccc3-n3c4ccccc4c4ccccc43)cc2)c2ccc3ccc4ccccc4c3c2)c(-c2ccc3c(c2)oc2ccccc23)c1. The van der Waals surface area contributed by atoms with Gasteiger partial charge in [0.05, 0.1) is 22.4 Å². The largest absolute Gasteiger partial charge is 0.456 e. The fraction of sp³-hybridized carbons (Fsp3) is 0. The third-order valence-corrected chi connectivity index (χ3v) is 12.0. The topological polar surface area (TPSA) is 21.3 Å². The van der Waals surface area contributed by atoms with Gasteiger partial charge < -0.3 is 13.9 Å². The molecule has 0 N–H and O–H groups in total. The second-order valence-electron chi connectivity index (χ2n) is 15.3. The molecule has 10 aromatic carbocycles. The van der Waals surface area contributed by atoms with Crippen molar-refractivity contribution in [1.82, 2.24) is 4.57 Å². The maximum Gasteiger partial charge on any atom is 0.136 e. The summed E-state index contributed by atoms with van der Waals surface area (Å²) in [5.74, 6) is 0. The summed E-state index contributed by atoms with van der Waals surface area (Å²) in [7, 11) is 0. The number of para-hydroxylation sites is 5. The highest BCUT2D eigenvalue weighted by Gasteiger charge is 2.20. The Bertz CT molecular complexity index is 3520. The van der Waals surface area contributed by atoms with Crippen molar-refractivity contribution in [3.8, 4) is 27.9 Å². The molecular weight excluding hydrogens is 717 g/mol. The maximum absolute atomic E-state index is 6.40. The van der Waals surface area contributed by atoms with Gasteiger partial charge in [-0.3, -0.25) is 0 Å². The van der Waals surface area contributed by atoms with Crippen LogP contribution in [-0.2, 0) is 0 Å². The zero-order chi connectivity index (χ0) is 38.9. The Hall–Kier alpha value is -7.88. The number of hydrogen-bond acceptors (Lipinski definition) is 2. The van der Waals surface area contributed by atoms with Gasteiger partial charge in [-0.05, 0) is 99.4 Å². The normalized spacial score (nSPS) is 11.7. The van der Waals surface area contributed by atoms with E-state index in [0.29, 0.717) is 0 Å². The molecule has 0 atom stereocenters. The number of rotatable bonds is 6. The molecule has 0 saturated heterocycles. The van der Waals surface area contributed by atoms with Crippen LogP contribution < -0.4 is 4.90 Å². The predicted molar refractivity (Wildman–Crippen MR) is 249 cm³/mol. The van der Waals surface area contributed by atoms with Crippen molar-refractivity contribution in [1.29, 1.82) is 0 Å². The summed E-state index contributed by atoms with van der Waals surface area (Å²) in [5, 5.41) is 9.68. The molecule has 0 bridgehead atoms. The zero-order valence-electron chi connectivity index (χ0n) is 32.1. The average Bonchev–Trinajstić information content (AvgIpc) is 3.85. The molecular formula is C56H36N2O. The number of anilines is 3. The van der Waals surface area contributed by atoms with E-state index in [1.807, 2.05) is 12.1 Å². The summed E-state index contributed by atoms with van der Waals surface area (Å²) in [4.78, 5) is 2.40. The summed E-state index contributed by atoms with van der Waals surface area (Å²) in [5.41, 5.74) is 13.1. The fourth-order valence-corrected chi connectivity index (χ4v) is 9.25. The Morgan fingerprint density at radius 1 is 0.339 bits per heavy atom. The molecule has 0 radical (unpaired) electrons. The molecule has 3 heteroatoms. The van der Waals surface area contributed by atoms with Gasteiger partial charge in [-0.1, -0.05) is 152 Å². The third-order valence-electron chi connectivity index (χ3n) is 12.0. The highest BCUT2D eigenvalue weighted by molar-refractivity contribution is 6.11. The Labute approximate surface area is 341 Å². The van der Waals surface area contributed by atoms with Crippen molar-refractivity contribution in [2.45, 2.75) is 0 Å². The van der Waals surface area contributed by atoms with Crippen LogP contribution in [0.15, 0.2) is 223 Å². The molecule has 0 aliphatic rings. The molecule has 0 saturated carbocycles. The monoisotopic (exact) mass is 752 g/mol. The Kier molecular flexibility index (Phi) is 7.54. The van der Waals surface area contributed by atoms with Gasteiger partial charge in [0.2, 0.25) is 0 Å². The van der Waals surface area contributed by atoms with E-state index < -0.39 is 0 Å².